The van der Waals surface area contributed by atoms with Gasteiger partial charge in [0.15, 0.2) is 0 Å². The molecule has 0 saturated carbocycles. The first-order valence-electron chi connectivity index (χ1n) is 8.33. The van der Waals surface area contributed by atoms with Gasteiger partial charge in [0, 0.05) is 17.8 Å². The largest absolute Gasteiger partial charge is 0.490 e. The monoisotopic (exact) mass is 313 g/mol. The van der Waals surface area contributed by atoms with Gasteiger partial charge in [0.2, 0.25) is 5.88 Å². The average molecular weight is 313 g/mol. The SMILES string of the molecule is CCC(CC)Oc1cc(Oc2c(C)cc(C)cc2C)ncc1C. The Hall–Kier alpha value is -2.03. The molecule has 0 spiro atoms. The molecule has 0 amide bonds. The minimum atomic E-state index is 0.229. The molecule has 1 aromatic carbocycles. The van der Waals surface area contributed by atoms with Crippen molar-refractivity contribution >= 4 is 0 Å². The Morgan fingerprint density at radius 3 is 2.09 bits per heavy atom. The summed E-state index contributed by atoms with van der Waals surface area (Å²) in [5.74, 6) is 2.30. The molecule has 124 valence electrons. The second kappa shape index (κ2) is 7.49. The first-order valence-corrected chi connectivity index (χ1v) is 8.33. The van der Waals surface area contributed by atoms with Crippen molar-refractivity contribution in [3.05, 3.63) is 46.6 Å². The zero-order valence-corrected chi connectivity index (χ0v) is 15.1. The van der Waals surface area contributed by atoms with Crippen molar-refractivity contribution < 1.29 is 9.47 Å². The lowest BCUT2D eigenvalue weighted by molar-refractivity contribution is 0.190. The summed E-state index contributed by atoms with van der Waals surface area (Å²) in [5.41, 5.74) is 4.50. The Labute approximate surface area is 139 Å². The quantitative estimate of drug-likeness (QED) is 0.688. The van der Waals surface area contributed by atoms with Crippen LogP contribution in [-0.2, 0) is 0 Å². The Morgan fingerprint density at radius 2 is 1.52 bits per heavy atom. The zero-order valence-electron chi connectivity index (χ0n) is 15.1. The number of nitrogens with zero attached hydrogens (tertiary/aromatic N) is 1. The molecule has 0 aliphatic rings. The summed E-state index contributed by atoms with van der Waals surface area (Å²) >= 11 is 0. The molecule has 0 atom stereocenters. The highest BCUT2D eigenvalue weighted by Gasteiger charge is 2.12. The van der Waals surface area contributed by atoms with Crippen LogP contribution in [0, 0.1) is 27.7 Å². The molecule has 23 heavy (non-hydrogen) atoms. The lowest BCUT2D eigenvalue weighted by Gasteiger charge is -2.18. The van der Waals surface area contributed by atoms with E-state index in [2.05, 4.69) is 51.7 Å². The van der Waals surface area contributed by atoms with Gasteiger partial charge in [-0.3, -0.25) is 0 Å². The molecule has 0 unspecified atom stereocenters. The van der Waals surface area contributed by atoms with Gasteiger partial charge in [-0.25, -0.2) is 4.98 Å². The van der Waals surface area contributed by atoms with Crippen molar-refractivity contribution in [1.82, 2.24) is 4.98 Å². The minimum absolute atomic E-state index is 0.229. The van der Waals surface area contributed by atoms with Crippen molar-refractivity contribution in [2.45, 2.75) is 60.5 Å². The fourth-order valence-electron chi connectivity index (χ4n) is 2.74. The highest BCUT2D eigenvalue weighted by molar-refractivity contribution is 5.45. The predicted octanol–water partition coefficient (Wildman–Crippen LogP) is 5.67. The minimum Gasteiger partial charge on any atom is -0.490 e. The molecule has 0 aliphatic carbocycles. The van der Waals surface area contributed by atoms with Crippen LogP contribution in [-0.4, -0.2) is 11.1 Å². The molecular formula is C20H27NO2. The number of aromatic nitrogens is 1. The van der Waals surface area contributed by atoms with Crippen LogP contribution in [0.25, 0.3) is 0 Å². The third kappa shape index (κ3) is 4.25. The van der Waals surface area contributed by atoms with Crippen LogP contribution >= 0.6 is 0 Å². The highest BCUT2D eigenvalue weighted by Crippen LogP contribution is 2.31. The van der Waals surface area contributed by atoms with E-state index in [0.717, 1.165) is 41.0 Å². The third-order valence-electron chi connectivity index (χ3n) is 4.04. The molecule has 0 aliphatic heterocycles. The van der Waals surface area contributed by atoms with E-state index < -0.39 is 0 Å². The Kier molecular flexibility index (Phi) is 5.64. The number of hydrogen-bond acceptors (Lipinski definition) is 3. The van der Waals surface area contributed by atoms with Gasteiger partial charge in [0.25, 0.3) is 0 Å². The molecule has 2 rings (SSSR count). The summed E-state index contributed by atoms with van der Waals surface area (Å²) < 4.78 is 12.1. The van der Waals surface area contributed by atoms with E-state index in [9.17, 15) is 0 Å². The molecule has 2 aromatic rings. The first kappa shape index (κ1) is 17.3. The third-order valence-corrected chi connectivity index (χ3v) is 4.04. The maximum absolute atomic E-state index is 6.08. The fraction of sp³-hybridized carbons (Fsp3) is 0.450. The van der Waals surface area contributed by atoms with Crippen molar-refractivity contribution in [3.8, 4) is 17.4 Å². The Bertz CT molecular complexity index is 652. The Balaban J connectivity index is 2.28. The summed E-state index contributed by atoms with van der Waals surface area (Å²) in [5, 5.41) is 0. The van der Waals surface area contributed by atoms with Gasteiger partial charge in [-0.1, -0.05) is 31.5 Å². The molecule has 3 heteroatoms. The van der Waals surface area contributed by atoms with Crippen LogP contribution in [0.15, 0.2) is 24.4 Å². The number of rotatable bonds is 6. The Morgan fingerprint density at radius 1 is 0.913 bits per heavy atom. The highest BCUT2D eigenvalue weighted by atomic mass is 16.5. The second-order valence-corrected chi connectivity index (χ2v) is 6.17. The fourth-order valence-corrected chi connectivity index (χ4v) is 2.74. The number of pyridine rings is 1. The molecule has 0 fully saturated rings. The van der Waals surface area contributed by atoms with Gasteiger partial charge in [-0.2, -0.15) is 0 Å². The number of aryl methyl sites for hydroxylation is 4. The molecule has 3 nitrogen and oxygen atoms in total. The molecular weight excluding hydrogens is 286 g/mol. The standard InChI is InChI=1S/C20H27NO2/c1-7-17(8-2)22-18-11-19(21-12-16(18)6)23-20-14(4)9-13(3)10-15(20)5/h9-12,17H,7-8H2,1-6H3. The van der Waals surface area contributed by atoms with Gasteiger partial charge < -0.3 is 9.47 Å². The molecule has 1 aromatic heterocycles. The van der Waals surface area contributed by atoms with Crippen LogP contribution in [0.1, 0.15) is 48.9 Å². The van der Waals surface area contributed by atoms with E-state index in [-0.39, 0.29) is 6.10 Å². The van der Waals surface area contributed by atoms with E-state index in [1.807, 2.05) is 19.2 Å². The van der Waals surface area contributed by atoms with Crippen LogP contribution in [0.4, 0.5) is 0 Å². The summed E-state index contributed by atoms with van der Waals surface area (Å²) in [7, 11) is 0. The number of benzene rings is 1. The van der Waals surface area contributed by atoms with Crippen LogP contribution < -0.4 is 9.47 Å². The molecule has 0 N–H and O–H groups in total. The lowest BCUT2D eigenvalue weighted by atomic mass is 10.1. The summed E-state index contributed by atoms with van der Waals surface area (Å²) in [6.45, 7) is 12.5. The van der Waals surface area contributed by atoms with Gasteiger partial charge >= 0.3 is 0 Å². The van der Waals surface area contributed by atoms with Gasteiger partial charge in [0.05, 0.1) is 6.10 Å². The first-order chi connectivity index (χ1) is 10.9. The van der Waals surface area contributed by atoms with E-state index in [1.165, 1.54) is 5.56 Å². The molecule has 0 bridgehead atoms. The smallest absolute Gasteiger partial charge is 0.222 e. The number of ether oxygens (including phenoxy) is 2. The maximum atomic E-state index is 6.08. The zero-order chi connectivity index (χ0) is 17.0. The predicted molar refractivity (Wildman–Crippen MR) is 94.7 cm³/mol. The maximum Gasteiger partial charge on any atom is 0.222 e. The van der Waals surface area contributed by atoms with E-state index in [0.29, 0.717) is 5.88 Å². The molecule has 0 saturated heterocycles. The topological polar surface area (TPSA) is 31.4 Å². The molecule has 1 heterocycles. The van der Waals surface area contributed by atoms with Crippen LogP contribution in [0.3, 0.4) is 0 Å². The number of hydrogen-bond donors (Lipinski definition) is 0. The summed E-state index contributed by atoms with van der Waals surface area (Å²) in [6.07, 6.45) is 4.02. The van der Waals surface area contributed by atoms with Crippen molar-refractivity contribution in [1.29, 1.82) is 0 Å². The summed E-state index contributed by atoms with van der Waals surface area (Å²) in [6, 6.07) is 6.14. The summed E-state index contributed by atoms with van der Waals surface area (Å²) in [4.78, 5) is 4.40. The van der Waals surface area contributed by atoms with E-state index in [1.54, 1.807) is 0 Å². The average Bonchev–Trinajstić information content (AvgIpc) is 2.51. The van der Waals surface area contributed by atoms with Gasteiger partial charge in [-0.15, -0.1) is 0 Å². The normalized spacial score (nSPS) is 10.9. The van der Waals surface area contributed by atoms with Crippen molar-refractivity contribution in [2.75, 3.05) is 0 Å². The van der Waals surface area contributed by atoms with Gasteiger partial charge in [0.1, 0.15) is 11.5 Å². The van der Waals surface area contributed by atoms with Gasteiger partial charge in [-0.05, 0) is 51.7 Å². The van der Waals surface area contributed by atoms with Crippen molar-refractivity contribution in [2.24, 2.45) is 0 Å². The van der Waals surface area contributed by atoms with E-state index >= 15 is 0 Å². The van der Waals surface area contributed by atoms with E-state index in [4.69, 9.17) is 9.47 Å². The van der Waals surface area contributed by atoms with Crippen LogP contribution in [0.2, 0.25) is 0 Å². The lowest BCUT2D eigenvalue weighted by Crippen LogP contribution is -2.14. The van der Waals surface area contributed by atoms with Crippen molar-refractivity contribution in [3.63, 3.8) is 0 Å². The van der Waals surface area contributed by atoms with Crippen LogP contribution in [0.5, 0.6) is 17.4 Å². The second-order valence-electron chi connectivity index (χ2n) is 6.17. The molecule has 0 radical (unpaired) electrons.